The smallest absolute Gasteiger partial charge is 0.475 e. The quantitative estimate of drug-likeness (QED) is 0.243. The number of benzene rings is 2. The van der Waals surface area contributed by atoms with Gasteiger partial charge in [0.15, 0.2) is 0 Å². The summed E-state index contributed by atoms with van der Waals surface area (Å²) in [6.45, 7) is 1.12. The van der Waals surface area contributed by atoms with Crippen molar-refractivity contribution >= 4 is 51.6 Å². The number of aliphatic carboxylic acids is 1. The molecule has 1 aliphatic heterocycles. The van der Waals surface area contributed by atoms with Gasteiger partial charge in [0.2, 0.25) is 5.91 Å². The molecule has 1 unspecified atom stereocenters. The predicted molar refractivity (Wildman–Crippen MR) is 167 cm³/mol. The number of rotatable bonds is 6. The van der Waals surface area contributed by atoms with E-state index < -0.39 is 17.5 Å². The van der Waals surface area contributed by atoms with Crippen LogP contribution in [0.25, 0.3) is 15.8 Å². The van der Waals surface area contributed by atoms with Crippen LogP contribution in [0.5, 0.6) is 0 Å². The molecule has 2 aromatic heterocycles. The lowest BCUT2D eigenvalue weighted by atomic mass is 9.84. The number of carboxylic acids is 1. The summed E-state index contributed by atoms with van der Waals surface area (Å²) in [5.74, 6) is -1.59. The van der Waals surface area contributed by atoms with E-state index in [1.54, 1.807) is 20.8 Å². The number of nitrogens with zero attached hydrogens (tertiary/aromatic N) is 4. The molecule has 8 nitrogen and oxygen atoms in total. The second-order valence-electron chi connectivity index (χ2n) is 10.7. The Morgan fingerprint density at radius 2 is 1.77 bits per heavy atom. The molecule has 0 radical (unpaired) electrons. The molecule has 1 fully saturated rings. The second-order valence-corrected chi connectivity index (χ2v) is 12.1. The van der Waals surface area contributed by atoms with Crippen molar-refractivity contribution in [3.8, 4) is 5.69 Å². The maximum absolute atomic E-state index is 13.9. The number of thiol groups is 1. The maximum atomic E-state index is 13.9. The zero-order chi connectivity index (χ0) is 31.6. The molecule has 1 atom stereocenters. The van der Waals surface area contributed by atoms with E-state index in [-0.39, 0.29) is 11.5 Å². The molecule has 1 aliphatic carbocycles. The monoisotopic (exact) mass is 644 g/mol. The number of hydrogen-bond acceptors (Lipinski definition) is 7. The highest BCUT2D eigenvalue weighted by Gasteiger charge is 2.38. The van der Waals surface area contributed by atoms with Crippen molar-refractivity contribution in [2.45, 2.75) is 49.6 Å². The standard InChI is InChI=1S/C29H30N4O2S2.C2HF3O2/c1-31(23-18-37-24-13-6-5-12-21(23)24)16-15-25(34)32-17-14-22-26(29(32)36)28(35)33(20-10-3-2-4-11-20)27(30-22)19-8-7-9-19;3-2(4,5)1(6)7/h2-6,10-13,18-19,29,36H,7-9,14-17H2,1H3;(H,6,7). The lowest BCUT2D eigenvalue weighted by Crippen LogP contribution is -2.44. The Balaban J connectivity index is 0.000000493. The van der Waals surface area contributed by atoms with Crippen molar-refractivity contribution in [2.75, 3.05) is 25.0 Å². The van der Waals surface area contributed by atoms with Gasteiger partial charge in [-0.3, -0.25) is 14.2 Å². The molecule has 2 aromatic carbocycles. The van der Waals surface area contributed by atoms with E-state index in [4.69, 9.17) is 27.5 Å². The number of para-hydroxylation sites is 1. The van der Waals surface area contributed by atoms with Gasteiger partial charge in [-0.25, -0.2) is 9.78 Å². The Morgan fingerprint density at radius 3 is 2.41 bits per heavy atom. The maximum Gasteiger partial charge on any atom is 0.490 e. The van der Waals surface area contributed by atoms with Gasteiger partial charge in [0, 0.05) is 54.4 Å². The van der Waals surface area contributed by atoms with Gasteiger partial charge in [0.25, 0.3) is 5.56 Å². The number of aromatic nitrogens is 2. The van der Waals surface area contributed by atoms with E-state index in [9.17, 15) is 22.8 Å². The van der Waals surface area contributed by atoms with Crippen LogP contribution in [0.1, 0.15) is 54.1 Å². The first-order valence-electron chi connectivity index (χ1n) is 14.1. The van der Waals surface area contributed by atoms with E-state index in [1.807, 2.05) is 49.5 Å². The molecule has 13 heteroatoms. The molecule has 3 heterocycles. The molecular weight excluding hydrogens is 613 g/mol. The van der Waals surface area contributed by atoms with Gasteiger partial charge in [0.05, 0.1) is 22.6 Å². The van der Waals surface area contributed by atoms with E-state index in [1.165, 1.54) is 16.5 Å². The van der Waals surface area contributed by atoms with Crippen LogP contribution in [0.15, 0.2) is 64.8 Å². The van der Waals surface area contributed by atoms with Gasteiger partial charge in [-0.05, 0) is 31.0 Å². The molecule has 0 spiro atoms. The van der Waals surface area contributed by atoms with Crippen molar-refractivity contribution in [2.24, 2.45) is 0 Å². The molecule has 4 aromatic rings. The third-order valence-corrected chi connectivity index (χ3v) is 9.43. The number of carbonyl (C=O) groups excluding carboxylic acids is 1. The molecule has 232 valence electrons. The van der Waals surface area contributed by atoms with Gasteiger partial charge in [0.1, 0.15) is 11.2 Å². The molecule has 1 N–H and O–H groups in total. The molecule has 44 heavy (non-hydrogen) atoms. The average molecular weight is 645 g/mol. The minimum absolute atomic E-state index is 0.00534. The van der Waals surface area contributed by atoms with Crippen molar-refractivity contribution in [3.05, 3.63) is 87.4 Å². The Kier molecular flexibility index (Phi) is 9.35. The van der Waals surface area contributed by atoms with Crippen LogP contribution in [0, 0.1) is 0 Å². The number of carboxylic acid groups (broad SMARTS) is 1. The summed E-state index contributed by atoms with van der Waals surface area (Å²) >= 11 is 6.53. The van der Waals surface area contributed by atoms with Crippen LogP contribution in [-0.4, -0.2) is 57.7 Å². The van der Waals surface area contributed by atoms with Crippen LogP contribution in [-0.2, 0) is 16.0 Å². The number of carbonyl (C=O) groups is 2. The van der Waals surface area contributed by atoms with Crippen LogP contribution < -0.4 is 10.5 Å². The zero-order valence-electron chi connectivity index (χ0n) is 23.8. The van der Waals surface area contributed by atoms with E-state index in [0.717, 1.165) is 35.7 Å². The van der Waals surface area contributed by atoms with Crippen LogP contribution in [0.4, 0.5) is 18.9 Å². The van der Waals surface area contributed by atoms with Gasteiger partial charge in [-0.1, -0.05) is 42.8 Å². The zero-order valence-corrected chi connectivity index (χ0v) is 25.5. The summed E-state index contributed by atoms with van der Waals surface area (Å²) in [6.07, 6.45) is -0.874. The van der Waals surface area contributed by atoms with Gasteiger partial charge in [-0.2, -0.15) is 13.2 Å². The highest BCUT2D eigenvalue weighted by Crippen LogP contribution is 2.38. The number of alkyl halides is 3. The number of amides is 1. The van der Waals surface area contributed by atoms with Crippen LogP contribution in [0.3, 0.4) is 0 Å². The molecule has 1 saturated carbocycles. The fourth-order valence-corrected chi connectivity index (χ4v) is 6.87. The molecule has 0 saturated heterocycles. The summed E-state index contributed by atoms with van der Waals surface area (Å²) in [4.78, 5) is 45.1. The van der Waals surface area contributed by atoms with E-state index >= 15 is 0 Å². The van der Waals surface area contributed by atoms with Crippen molar-refractivity contribution < 1.29 is 27.9 Å². The Morgan fingerprint density at radius 1 is 1.11 bits per heavy atom. The van der Waals surface area contributed by atoms with Crippen molar-refractivity contribution in [3.63, 3.8) is 0 Å². The fourth-order valence-electron chi connectivity index (χ4n) is 5.37. The minimum Gasteiger partial charge on any atom is -0.475 e. The minimum atomic E-state index is -5.08. The molecule has 1 amide bonds. The average Bonchev–Trinajstić information content (AvgIpc) is 3.40. The van der Waals surface area contributed by atoms with Gasteiger partial charge < -0.3 is 14.9 Å². The first-order chi connectivity index (χ1) is 21.0. The molecule has 2 aliphatic rings. The van der Waals surface area contributed by atoms with Crippen molar-refractivity contribution in [1.82, 2.24) is 14.5 Å². The Bertz CT molecular complexity index is 1720. The number of anilines is 1. The number of hydrogen-bond donors (Lipinski definition) is 2. The lowest BCUT2D eigenvalue weighted by molar-refractivity contribution is -0.192. The Hall–Kier alpha value is -3.84. The fraction of sp³-hybridized carbons (Fsp3) is 0.355. The molecule has 0 bridgehead atoms. The van der Waals surface area contributed by atoms with Crippen LogP contribution >= 0.6 is 24.0 Å². The summed E-state index contributed by atoms with van der Waals surface area (Å²) < 4.78 is 34.7. The SMILES string of the molecule is CN(CCC(=O)N1CCc2nc(C3CCC3)n(-c3ccccc3)c(=O)c2C1S)c1csc2ccccc12.O=C(O)C(F)(F)F. The highest BCUT2D eigenvalue weighted by atomic mass is 32.1. The topological polar surface area (TPSA) is 95.7 Å². The van der Waals surface area contributed by atoms with E-state index in [2.05, 4.69) is 22.4 Å². The Labute approximate surface area is 261 Å². The van der Waals surface area contributed by atoms with Crippen LogP contribution in [0.2, 0.25) is 0 Å². The highest BCUT2D eigenvalue weighted by molar-refractivity contribution is 7.80. The van der Waals surface area contributed by atoms with Gasteiger partial charge in [-0.15, -0.1) is 24.0 Å². The number of fused-ring (bicyclic) bond motifs is 2. The normalized spacial score (nSPS) is 16.5. The predicted octanol–water partition coefficient (Wildman–Crippen LogP) is 6.19. The second kappa shape index (κ2) is 13.0. The largest absolute Gasteiger partial charge is 0.490 e. The summed E-state index contributed by atoms with van der Waals surface area (Å²) in [5.41, 5.74) is 3.19. The third kappa shape index (κ3) is 6.48. The number of thiophene rings is 1. The summed E-state index contributed by atoms with van der Waals surface area (Å²) in [6, 6.07) is 18.0. The molecule has 6 rings (SSSR count). The van der Waals surface area contributed by atoms with E-state index in [0.29, 0.717) is 37.4 Å². The summed E-state index contributed by atoms with van der Waals surface area (Å²) in [5, 5.41) is 9.87. The van der Waals surface area contributed by atoms with Crippen molar-refractivity contribution in [1.29, 1.82) is 0 Å². The first-order valence-corrected chi connectivity index (χ1v) is 15.5. The van der Waals surface area contributed by atoms with Gasteiger partial charge >= 0.3 is 12.1 Å². The molecular formula is C31H31F3N4O4S2. The third-order valence-electron chi connectivity index (χ3n) is 7.95. The number of halogens is 3. The lowest BCUT2D eigenvalue weighted by Gasteiger charge is -2.36. The summed E-state index contributed by atoms with van der Waals surface area (Å²) in [7, 11) is 2.02. The first kappa shape index (κ1) is 31.6.